The van der Waals surface area contributed by atoms with Gasteiger partial charge in [0.05, 0.1) is 12.6 Å². The second-order valence-corrected chi connectivity index (χ2v) is 5.37. The van der Waals surface area contributed by atoms with Crippen molar-refractivity contribution in [3.8, 4) is 0 Å². The molecule has 1 fully saturated rings. The summed E-state index contributed by atoms with van der Waals surface area (Å²) in [6.07, 6.45) is 4.07. The first-order valence-corrected chi connectivity index (χ1v) is 6.63. The van der Waals surface area contributed by atoms with Crippen molar-refractivity contribution < 1.29 is 14.7 Å². The number of nitrogens with zero attached hydrogens (tertiary/aromatic N) is 2. The number of rotatable bonds is 3. The zero-order valence-corrected chi connectivity index (χ0v) is 10.7. The fraction of sp³-hybridized carbons (Fsp3) is 0.545. The van der Waals surface area contributed by atoms with Gasteiger partial charge in [0.1, 0.15) is 4.88 Å². The predicted molar refractivity (Wildman–Crippen MR) is 67.5 cm³/mol. The first kappa shape index (κ1) is 12.8. The Hall–Kier alpha value is -1.63. The minimum Gasteiger partial charge on any atom is -0.481 e. The molecule has 0 saturated carbocycles. The Bertz CT molecular complexity index is 460. The Morgan fingerprint density at radius 1 is 1.56 bits per heavy atom. The molecular weight excluding hydrogens is 254 g/mol. The standard InChI is InChI=1S/C11H15N3O3S/c12-11-13-6-8(18-11)10(17)14-4-2-1-3-7(14)5-9(15)16/h6-7H,1-5H2,(H2,12,13)(H,15,16)/t7-/m1/s1. The topological polar surface area (TPSA) is 96.5 Å². The van der Waals surface area contributed by atoms with Crippen molar-refractivity contribution in [1.82, 2.24) is 9.88 Å². The molecule has 0 spiro atoms. The quantitative estimate of drug-likeness (QED) is 0.859. The second kappa shape index (κ2) is 5.34. The molecule has 1 aromatic rings. The molecule has 0 aliphatic carbocycles. The third kappa shape index (κ3) is 2.79. The van der Waals surface area contributed by atoms with Crippen LogP contribution in [-0.2, 0) is 4.79 Å². The minimum atomic E-state index is -0.872. The lowest BCUT2D eigenvalue weighted by molar-refractivity contribution is -0.138. The van der Waals surface area contributed by atoms with Crippen molar-refractivity contribution >= 4 is 28.3 Å². The number of carbonyl (C=O) groups excluding carboxylic acids is 1. The Balaban J connectivity index is 2.13. The number of amides is 1. The zero-order chi connectivity index (χ0) is 13.1. The van der Waals surface area contributed by atoms with Gasteiger partial charge < -0.3 is 15.7 Å². The smallest absolute Gasteiger partial charge is 0.305 e. The number of hydrogen-bond donors (Lipinski definition) is 2. The van der Waals surface area contributed by atoms with Crippen molar-refractivity contribution in [3.63, 3.8) is 0 Å². The summed E-state index contributed by atoms with van der Waals surface area (Å²) < 4.78 is 0. The number of thiazole rings is 1. The van der Waals surface area contributed by atoms with E-state index in [4.69, 9.17) is 10.8 Å². The predicted octanol–water partition coefficient (Wildman–Crippen LogP) is 1.19. The van der Waals surface area contributed by atoms with Crippen LogP contribution >= 0.6 is 11.3 Å². The third-order valence-corrected chi connectivity index (χ3v) is 3.85. The van der Waals surface area contributed by atoms with Gasteiger partial charge in [0, 0.05) is 12.6 Å². The summed E-state index contributed by atoms with van der Waals surface area (Å²) in [5.41, 5.74) is 5.50. The molecule has 0 bridgehead atoms. The van der Waals surface area contributed by atoms with Gasteiger partial charge in [-0.3, -0.25) is 9.59 Å². The summed E-state index contributed by atoms with van der Waals surface area (Å²) in [6.45, 7) is 0.606. The van der Waals surface area contributed by atoms with E-state index in [1.54, 1.807) is 4.90 Å². The monoisotopic (exact) mass is 269 g/mol. The van der Waals surface area contributed by atoms with Gasteiger partial charge in [-0.2, -0.15) is 0 Å². The molecule has 1 aromatic heterocycles. The fourth-order valence-electron chi connectivity index (χ4n) is 2.21. The van der Waals surface area contributed by atoms with Crippen LogP contribution in [0.1, 0.15) is 35.4 Å². The molecule has 1 atom stereocenters. The first-order valence-electron chi connectivity index (χ1n) is 5.82. The van der Waals surface area contributed by atoms with Crippen LogP contribution in [0.3, 0.4) is 0 Å². The van der Waals surface area contributed by atoms with Crippen LogP contribution in [0.5, 0.6) is 0 Å². The summed E-state index contributed by atoms with van der Waals surface area (Å²) in [4.78, 5) is 29.0. The molecule has 7 heteroatoms. The molecule has 0 aromatic carbocycles. The van der Waals surface area contributed by atoms with Gasteiger partial charge >= 0.3 is 5.97 Å². The highest BCUT2D eigenvalue weighted by Crippen LogP contribution is 2.24. The number of anilines is 1. The van der Waals surface area contributed by atoms with Gasteiger partial charge in [-0.15, -0.1) is 0 Å². The molecule has 98 valence electrons. The van der Waals surface area contributed by atoms with Crippen LogP contribution in [-0.4, -0.2) is 39.5 Å². The van der Waals surface area contributed by atoms with E-state index in [9.17, 15) is 9.59 Å². The molecule has 1 saturated heterocycles. The minimum absolute atomic E-state index is 0.0000257. The molecular formula is C11H15N3O3S. The maximum atomic E-state index is 12.3. The number of carboxylic acids is 1. The molecule has 1 aliphatic heterocycles. The molecule has 1 aliphatic rings. The normalized spacial score (nSPS) is 19.8. The second-order valence-electron chi connectivity index (χ2n) is 4.31. The third-order valence-electron chi connectivity index (χ3n) is 3.03. The number of aromatic nitrogens is 1. The van der Waals surface area contributed by atoms with Crippen molar-refractivity contribution in [3.05, 3.63) is 11.1 Å². The SMILES string of the molecule is Nc1ncc(C(=O)N2CCCC[C@@H]2CC(=O)O)s1. The number of carbonyl (C=O) groups is 2. The van der Waals surface area contributed by atoms with Crippen LogP contribution in [0.2, 0.25) is 0 Å². The van der Waals surface area contributed by atoms with Gasteiger partial charge in [-0.1, -0.05) is 11.3 Å². The molecule has 0 radical (unpaired) electrons. The number of nitrogens with two attached hydrogens (primary N) is 1. The average molecular weight is 269 g/mol. The van der Waals surface area contributed by atoms with Crippen LogP contribution in [0.4, 0.5) is 5.13 Å². The molecule has 18 heavy (non-hydrogen) atoms. The Morgan fingerprint density at radius 3 is 2.94 bits per heavy atom. The highest BCUT2D eigenvalue weighted by molar-refractivity contribution is 7.17. The lowest BCUT2D eigenvalue weighted by Gasteiger charge is -2.34. The number of nitrogen functional groups attached to an aromatic ring is 1. The summed E-state index contributed by atoms with van der Waals surface area (Å²) in [6, 6.07) is -0.216. The Labute approximate surface area is 108 Å². The molecule has 3 N–H and O–H groups in total. The summed E-state index contributed by atoms with van der Waals surface area (Å²) >= 11 is 1.14. The zero-order valence-electron chi connectivity index (χ0n) is 9.83. The van der Waals surface area contributed by atoms with Crippen LogP contribution < -0.4 is 5.73 Å². The van der Waals surface area contributed by atoms with Gasteiger partial charge in [0.15, 0.2) is 5.13 Å². The highest BCUT2D eigenvalue weighted by Gasteiger charge is 2.29. The Morgan fingerprint density at radius 2 is 2.33 bits per heavy atom. The number of aliphatic carboxylic acids is 1. The number of piperidine rings is 1. The summed E-state index contributed by atoms with van der Waals surface area (Å²) in [5, 5.41) is 9.22. The lowest BCUT2D eigenvalue weighted by atomic mass is 9.99. The van der Waals surface area contributed by atoms with E-state index in [1.165, 1.54) is 6.20 Å². The molecule has 1 amide bonds. The average Bonchev–Trinajstić information content (AvgIpc) is 2.75. The Kier molecular flexibility index (Phi) is 3.81. The van der Waals surface area contributed by atoms with E-state index >= 15 is 0 Å². The molecule has 0 unspecified atom stereocenters. The maximum absolute atomic E-state index is 12.3. The largest absolute Gasteiger partial charge is 0.481 e. The van der Waals surface area contributed by atoms with E-state index in [0.717, 1.165) is 30.6 Å². The first-order chi connectivity index (χ1) is 8.58. The van der Waals surface area contributed by atoms with Crippen LogP contribution in [0, 0.1) is 0 Å². The number of hydrogen-bond acceptors (Lipinski definition) is 5. The van der Waals surface area contributed by atoms with Crippen LogP contribution in [0.25, 0.3) is 0 Å². The molecule has 2 heterocycles. The van der Waals surface area contributed by atoms with Gasteiger partial charge in [0.2, 0.25) is 0 Å². The van der Waals surface area contributed by atoms with Crippen LogP contribution in [0.15, 0.2) is 6.20 Å². The van der Waals surface area contributed by atoms with Crippen molar-refractivity contribution in [2.24, 2.45) is 0 Å². The lowest BCUT2D eigenvalue weighted by Crippen LogP contribution is -2.44. The van der Waals surface area contributed by atoms with E-state index in [1.807, 2.05) is 0 Å². The van der Waals surface area contributed by atoms with Gasteiger partial charge in [-0.25, -0.2) is 4.98 Å². The fourth-order valence-corrected chi connectivity index (χ4v) is 2.85. The number of carboxylic acid groups (broad SMARTS) is 1. The maximum Gasteiger partial charge on any atom is 0.305 e. The number of likely N-dealkylation sites (tertiary alicyclic amines) is 1. The van der Waals surface area contributed by atoms with Crippen molar-refractivity contribution in [1.29, 1.82) is 0 Å². The van der Waals surface area contributed by atoms with E-state index in [2.05, 4.69) is 4.98 Å². The molecule has 6 nitrogen and oxygen atoms in total. The summed E-state index contributed by atoms with van der Waals surface area (Å²) in [7, 11) is 0. The van der Waals surface area contributed by atoms with Crippen molar-refractivity contribution in [2.45, 2.75) is 31.7 Å². The highest BCUT2D eigenvalue weighted by atomic mass is 32.1. The van der Waals surface area contributed by atoms with Crippen molar-refractivity contribution in [2.75, 3.05) is 12.3 Å². The van der Waals surface area contributed by atoms with E-state index in [-0.39, 0.29) is 18.4 Å². The molecule has 2 rings (SSSR count). The van der Waals surface area contributed by atoms with Gasteiger partial charge in [-0.05, 0) is 19.3 Å². The van der Waals surface area contributed by atoms with E-state index in [0.29, 0.717) is 16.6 Å². The van der Waals surface area contributed by atoms with E-state index < -0.39 is 5.97 Å². The van der Waals surface area contributed by atoms with Gasteiger partial charge in [0.25, 0.3) is 5.91 Å². The summed E-state index contributed by atoms with van der Waals surface area (Å²) in [5.74, 6) is -1.03.